The van der Waals surface area contributed by atoms with Crippen LogP contribution in [0.1, 0.15) is 49.8 Å². The summed E-state index contributed by atoms with van der Waals surface area (Å²) in [7, 11) is 0. The Hall–Kier alpha value is -3.33. The highest BCUT2D eigenvalue weighted by Gasteiger charge is 2.30. The molecule has 34 heavy (non-hydrogen) atoms. The third-order valence-electron chi connectivity index (χ3n) is 6.80. The maximum atomic E-state index is 14.5. The molecular weight excluding hydrogens is 440 g/mol. The molecule has 178 valence electrons. The van der Waals surface area contributed by atoms with Crippen molar-refractivity contribution < 1.29 is 18.7 Å². The highest BCUT2D eigenvalue weighted by molar-refractivity contribution is 5.92. The summed E-state index contributed by atoms with van der Waals surface area (Å²) in [5.74, 6) is -0.354. The third kappa shape index (κ3) is 4.40. The van der Waals surface area contributed by atoms with Gasteiger partial charge in [-0.1, -0.05) is 0 Å². The van der Waals surface area contributed by atoms with Gasteiger partial charge in [0.25, 0.3) is 0 Å². The Morgan fingerprint density at radius 2 is 2.00 bits per heavy atom. The van der Waals surface area contributed by atoms with E-state index in [1.54, 1.807) is 34.8 Å². The summed E-state index contributed by atoms with van der Waals surface area (Å²) in [6.45, 7) is 3.50. The number of aliphatic hydroxyl groups is 1. The summed E-state index contributed by atoms with van der Waals surface area (Å²) < 4.78 is 29.9. The number of nitrogens with zero attached hydrogens (tertiary/aromatic N) is 5. The van der Waals surface area contributed by atoms with E-state index in [0.29, 0.717) is 61.5 Å². The van der Waals surface area contributed by atoms with E-state index >= 15 is 0 Å². The fourth-order valence-corrected chi connectivity index (χ4v) is 4.76. The largest absolute Gasteiger partial charge is 0.390 e. The number of benzene rings is 1. The minimum Gasteiger partial charge on any atom is -0.390 e. The molecule has 0 radical (unpaired) electrons. The molecule has 1 atom stereocenters. The van der Waals surface area contributed by atoms with Crippen molar-refractivity contribution in [3.05, 3.63) is 65.5 Å². The van der Waals surface area contributed by atoms with E-state index in [-0.39, 0.29) is 11.9 Å². The van der Waals surface area contributed by atoms with Crippen LogP contribution in [-0.4, -0.2) is 55.7 Å². The fraction of sp³-hybridized carbons (Fsp3) is 0.400. The minimum absolute atomic E-state index is 0.118. The zero-order valence-corrected chi connectivity index (χ0v) is 19.0. The van der Waals surface area contributed by atoms with Crippen LogP contribution in [0.5, 0.6) is 0 Å². The average Bonchev–Trinajstić information content (AvgIpc) is 3.46. The molecule has 4 heterocycles. The van der Waals surface area contributed by atoms with Gasteiger partial charge < -0.3 is 14.9 Å². The molecule has 2 fully saturated rings. The van der Waals surface area contributed by atoms with Crippen LogP contribution >= 0.6 is 0 Å². The molecule has 0 spiro atoms. The summed E-state index contributed by atoms with van der Waals surface area (Å²) in [6, 6.07) is 5.06. The number of piperidine rings is 1. The molecule has 0 aliphatic carbocycles. The fourth-order valence-electron chi connectivity index (χ4n) is 4.76. The number of fused-ring (bicyclic) bond motifs is 1. The van der Waals surface area contributed by atoms with Gasteiger partial charge in [0.05, 0.1) is 17.8 Å². The maximum absolute atomic E-state index is 14.5. The molecule has 7 nitrogen and oxygen atoms in total. The van der Waals surface area contributed by atoms with Gasteiger partial charge in [-0.15, -0.1) is 0 Å². The van der Waals surface area contributed by atoms with Crippen molar-refractivity contribution in [3.8, 4) is 0 Å². The van der Waals surface area contributed by atoms with E-state index in [2.05, 4.69) is 5.10 Å². The van der Waals surface area contributed by atoms with Crippen molar-refractivity contribution >= 4 is 23.4 Å². The van der Waals surface area contributed by atoms with Crippen LogP contribution < -0.4 is 4.90 Å². The van der Waals surface area contributed by atoms with E-state index in [4.69, 9.17) is 4.98 Å². The van der Waals surface area contributed by atoms with Gasteiger partial charge in [-0.2, -0.15) is 5.10 Å². The molecule has 2 aliphatic heterocycles. The van der Waals surface area contributed by atoms with Crippen molar-refractivity contribution in [1.29, 1.82) is 0 Å². The number of aromatic nitrogens is 3. The van der Waals surface area contributed by atoms with Crippen molar-refractivity contribution in [2.24, 2.45) is 0 Å². The van der Waals surface area contributed by atoms with Crippen molar-refractivity contribution in [2.75, 3.05) is 24.5 Å². The average molecular weight is 468 g/mol. The molecule has 1 aromatic carbocycles. The van der Waals surface area contributed by atoms with Gasteiger partial charge in [0.1, 0.15) is 17.5 Å². The predicted molar refractivity (Wildman–Crippen MR) is 124 cm³/mol. The predicted octanol–water partition coefficient (Wildman–Crippen LogP) is 3.74. The zero-order chi connectivity index (χ0) is 23.9. The number of rotatable bonds is 4. The molecule has 9 heteroatoms. The number of likely N-dealkylation sites (tertiary alicyclic amines) is 1. The summed E-state index contributed by atoms with van der Waals surface area (Å²) in [6.07, 6.45) is 9.28. The smallest absolute Gasteiger partial charge is 0.246 e. The molecule has 5 rings (SSSR count). The Kier molecular flexibility index (Phi) is 5.81. The maximum Gasteiger partial charge on any atom is 0.246 e. The van der Waals surface area contributed by atoms with E-state index in [1.165, 1.54) is 12.1 Å². The number of anilines is 1. The molecule has 2 aliphatic rings. The minimum atomic E-state index is -0.717. The molecule has 3 aromatic rings. The van der Waals surface area contributed by atoms with Crippen molar-refractivity contribution in [2.45, 2.75) is 44.2 Å². The van der Waals surface area contributed by atoms with Gasteiger partial charge in [-0.05, 0) is 62.9 Å². The molecule has 0 bridgehead atoms. The quantitative estimate of drug-likeness (QED) is 0.592. The second-order valence-electron chi connectivity index (χ2n) is 9.33. The first kappa shape index (κ1) is 22.5. The van der Waals surface area contributed by atoms with Gasteiger partial charge in [0.2, 0.25) is 5.91 Å². The summed E-state index contributed by atoms with van der Waals surface area (Å²) in [4.78, 5) is 21.1. The van der Waals surface area contributed by atoms with Crippen LogP contribution in [0.25, 0.3) is 11.7 Å². The lowest BCUT2D eigenvalue weighted by Crippen LogP contribution is -2.44. The molecule has 0 saturated carbocycles. The first-order valence-electron chi connectivity index (χ1n) is 11.6. The normalized spacial score (nSPS) is 20.5. The van der Waals surface area contributed by atoms with Crippen LogP contribution in [0.2, 0.25) is 0 Å². The second-order valence-corrected chi connectivity index (χ2v) is 9.33. The van der Waals surface area contributed by atoms with E-state index in [9.17, 15) is 18.7 Å². The van der Waals surface area contributed by atoms with Gasteiger partial charge in [-0.25, -0.2) is 18.3 Å². The number of carbonyl (C=O) groups is 1. The van der Waals surface area contributed by atoms with Crippen LogP contribution in [0.15, 0.2) is 42.7 Å². The third-order valence-corrected chi connectivity index (χ3v) is 6.80. The SMILES string of the molecule is CC1(O)CCN(C(=O)C=Cc2cnn3ccc(N4CCCC4c4cc(F)ccc4F)nc23)CC1. The lowest BCUT2D eigenvalue weighted by Gasteiger charge is -2.35. The molecule has 2 aromatic heterocycles. The first-order valence-corrected chi connectivity index (χ1v) is 11.6. The monoisotopic (exact) mass is 467 g/mol. The number of halogens is 2. The van der Waals surface area contributed by atoms with Crippen molar-refractivity contribution in [3.63, 3.8) is 0 Å². The summed E-state index contributed by atoms with van der Waals surface area (Å²) >= 11 is 0. The number of carbonyl (C=O) groups excluding carboxylic acids is 1. The second kappa shape index (κ2) is 8.79. The standard InChI is InChI=1S/C25H27F2N5O2/c1-25(34)9-13-30(14-10-25)23(33)7-4-17-16-28-32-12-8-22(29-24(17)32)31-11-2-3-21(31)19-15-18(26)5-6-20(19)27/h4-8,12,15-16,21,34H,2-3,9-11,13-14H2,1H3. The lowest BCUT2D eigenvalue weighted by molar-refractivity contribution is -0.129. The highest BCUT2D eigenvalue weighted by atomic mass is 19.1. The Morgan fingerprint density at radius 3 is 2.79 bits per heavy atom. The van der Waals surface area contributed by atoms with Crippen LogP contribution in [0.4, 0.5) is 14.6 Å². The molecule has 1 N–H and O–H groups in total. The van der Waals surface area contributed by atoms with Crippen LogP contribution in [0, 0.1) is 11.6 Å². The van der Waals surface area contributed by atoms with Crippen LogP contribution in [0.3, 0.4) is 0 Å². The molecule has 2 saturated heterocycles. The Labute approximate surface area is 196 Å². The van der Waals surface area contributed by atoms with Gasteiger partial charge >= 0.3 is 0 Å². The number of hydrogen-bond donors (Lipinski definition) is 1. The Balaban J connectivity index is 1.38. The summed E-state index contributed by atoms with van der Waals surface area (Å²) in [5.41, 5.74) is 0.879. The topological polar surface area (TPSA) is 74.0 Å². The van der Waals surface area contributed by atoms with E-state index in [0.717, 1.165) is 18.6 Å². The molecular formula is C25H27F2N5O2. The van der Waals surface area contributed by atoms with Crippen LogP contribution in [-0.2, 0) is 4.79 Å². The first-order chi connectivity index (χ1) is 16.3. The van der Waals surface area contributed by atoms with Gasteiger partial charge in [0, 0.05) is 43.0 Å². The molecule has 1 amide bonds. The van der Waals surface area contributed by atoms with E-state index in [1.807, 2.05) is 11.0 Å². The molecule has 1 unspecified atom stereocenters. The Morgan fingerprint density at radius 1 is 1.21 bits per heavy atom. The van der Waals surface area contributed by atoms with Gasteiger partial charge in [-0.3, -0.25) is 4.79 Å². The zero-order valence-electron chi connectivity index (χ0n) is 19.0. The van der Waals surface area contributed by atoms with Crippen molar-refractivity contribution in [1.82, 2.24) is 19.5 Å². The number of amides is 1. The number of hydrogen-bond acceptors (Lipinski definition) is 5. The Bertz CT molecular complexity index is 1250. The van der Waals surface area contributed by atoms with Gasteiger partial charge in [0.15, 0.2) is 5.65 Å². The summed E-state index contributed by atoms with van der Waals surface area (Å²) in [5, 5.41) is 14.4. The highest BCUT2D eigenvalue weighted by Crippen LogP contribution is 2.37. The lowest BCUT2D eigenvalue weighted by atomic mass is 9.94. The van der Waals surface area contributed by atoms with E-state index < -0.39 is 17.2 Å².